The van der Waals surface area contributed by atoms with Crippen molar-refractivity contribution >= 4 is 64.1 Å². The Hall–Kier alpha value is -3.26. The minimum atomic E-state index is -0.605. The summed E-state index contributed by atoms with van der Waals surface area (Å²) in [6.07, 6.45) is 0.645. The average molecular weight is 527 g/mol. The van der Waals surface area contributed by atoms with Gasteiger partial charge in [0.25, 0.3) is 11.8 Å². The van der Waals surface area contributed by atoms with Crippen LogP contribution in [0.3, 0.4) is 0 Å². The zero-order chi connectivity index (χ0) is 24.9. The molecular formula is C26H20Cl2N2O4S. The van der Waals surface area contributed by atoms with Crippen LogP contribution in [0.25, 0.3) is 0 Å². The van der Waals surface area contributed by atoms with E-state index in [9.17, 15) is 14.4 Å². The minimum Gasteiger partial charge on any atom is -0.462 e. The molecule has 0 aliphatic carbocycles. The largest absolute Gasteiger partial charge is 0.462 e. The fraction of sp³-hybridized carbons (Fsp3) is 0.115. The summed E-state index contributed by atoms with van der Waals surface area (Å²) < 4.78 is 5.27. The van der Waals surface area contributed by atoms with Crippen molar-refractivity contribution in [3.05, 3.63) is 99.0 Å². The highest BCUT2D eigenvalue weighted by Gasteiger charge is 2.41. The molecule has 0 bridgehead atoms. The highest BCUT2D eigenvalue weighted by atomic mass is 35.5. The van der Waals surface area contributed by atoms with Gasteiger partial charge in [-0.25, -0.2) is 9.69 Å². The van der Waals surface area contributed by atoms with Crippen molar-refractivity contribution in [1.82, 2.24) is 0 Å². The Bertz CT molecular complexity index is 1320. The molecule has 2 amide bonds. The zero-order valence-electron chi connectivity index (χ0n) is 18.6. The fourth-order valence-corrected chi connectivity index (χ4v) is 4.62. The number of nitrogens with zero attached hydrogens (tertiary/aromatic N) is 1. The number of benzene rings is 3. The first-order valence-electron chi connectivity index (χ1n) is 10.7. The molecule has 1 N–H and O–H groups in total. The third-order valence-electron chi connectivity index (χ3n) is 4.97. The van der Waals surface area contributed by atoms with E-state index >= 15 is 0 Å². The van der Waals surface area contributed by atoms with E-state index in [1.54, 1.807) is 66.7 Å². The predicted molar refractivity (Wildman–Crippen MR) is 139 cm³/mol. The fourth-order valence-electron chi connectivity index (χ4n) is 3.38. The van der Waals surface area contributed by atoms with E-state index in [2.05, 4.69) is 5.32 Å². The Kier molecular flexibility index (Phi) is 7.80. The second-order valence-corrected chi connectivity index (χ2v) is 9.45. The number of nitrogens with one attached hydrogen (secondary N) is 1. The number of anilines is 2. The summed E-state index contributed by atoms with van der Waals surface area (Å²) in [6, 6.07) is 20.1. The SMILES string of the molecule is CCCOC(=O)c1ccccc1N1C(=O)C(Nc2cccc(Cl)c2)=C(Sc2ccc(Cl)cc2)C1=O. The van der Waals surface area contributed by atoms with Gasteiger partial charge in [0.1, 0.15) is 10.6 Å². The van der Waals surface area contributed by atoms with Crippen LogP contribution in [0.4, 0.5) is 11.4 Å². The van der Waals surface area contributed by atoms with Gasteiger partial charge in [-0.15, -0.1) is 0 Å². The maximum Gasteiger partial charge on any atom is 0.340 e. The third-order valence-corrected chi connectivity index (χ3v) is 6.55. The molecule has 1 aliphatic heterocycles. The number of thioether (sulfide) groups is 1. The molecule has 0 unspecified atom stereocenters. The Morgan fingerprint density at radius 2 is 1.69 bits per heavy atom. The summed E-state index contributed by atoms with van der Waals surface area (Å²) in [7, 11) is 0. The molecule has 0 spiro atoms. The van der Waals surface area contributed by atoms with E-state index in [1.807, 2.05) is 6.92 Å². The van der Waals surface area contributed by atoms with Gasteiger partial charge < -0.3 is 10.1 Å². The summed E-state index contributed by atoms with van der Waals surface area (Å²) in [5.41, 5.74) is 0.900. The molecule has 0 atom stereocenters. The lowest BCUT2D eigenvalue weighted by Gasteiger charge is -2.18. The topological polar surface area (TPSA) is 75.7 Å². The normalized spacial score (nSPS) is 13.4. The van der Waals surface area contributed by atoms with E-state index in [1.165, 1.54) is 6.07 Å². The number of para-hydroxylation sites is 1. The monoisotopic (exact) mass is 526 g/mol. The summed E-state index contributed by atoms with van der Waals surface area (Å²) in [4.78, 5) is 41.8. The highest BCUT2D eigenvalue weighted by molar-refractivity contribution is 8.04. The molecule has 6 nitrogen and oxygen atoms in total. The van der Waals surface area contributed by atoms with Crippen LogP contribution in [0, 0.1) is 0 Å². The van der Waals surface area contributed by atoms with Gasteiger partial charge in [0.05, 0.1) is 17.9 Å². The number of carbonyl (C=O) groups excluding carboxylic acids is 3. The van der Waals surface area contributed by atoms with Crippen LogP contribution in [0.15, 0.2) is 88.3 Å². The number of imide groups is 1. The standard InChI is InChI=1S/C26H20Cl2N2O4S/c1-2-14-34-26(33)20-8-3-4-9-21(20)30-24(31)22(29-18-7-5-6-17(28)15-18)23(25(30)32)35-19-12-10-16(27)11-13-19/h3-13,15,29H,2,14H2,1H3. The summed E-state index contributed by atoms with van der Waals surface area (Å²) in [5.74, 6) is -1.76. The highest BCUT2D eigenvalue weighted by Crippen LogP contribution is 2.39. The summed E-state index contributed by atoms with van der Waals surface area (Å²) in [5, 5.41) is 4.07. The smallest absolute Gasteiger partial charge is 0.340 e. The molecule has 4 rings (SSSR count). The molecule has 3 aromatic rings. The van der Waals surface area contributed by atoms with Crippen molar-refractivity contribution < 1.29 is 19.1 Å². The van der Waals surface area contributed by atoms with Crippen molar-refractivity contribution in [2.45, 2.75) is 18.2 Å². The molecule has 0 radical (unpaired) electrons. The molecule has 1 heterocycles. The minimum absolute atomic E-state index is 0.0777. The molecule has 0 saturated heterocycles. The van der Waals surface area contributed by atoms with Crippen molar-refractivity contribution in [3.63, 3.8) is 0 Å². The number of hydrogen-bond donors (Lipinski definition) is 1. The van der Waals surface area contributed by atoms with Gasteiger partial charge in [0.2, 0.25) is 0 Å². The van der Waals surface area contributed by atoms with E-state index in [4.69, 9.17) is 27.9 Å². The Balaban J connectivity index is 1.75. The first-order chi connectivity index (χ1) is 16.9. The molecule has 0 aromatic heterocycles. The zero-order valence-corrected chi connectivity index (χ0v) is 20.9. The maximum absolute atomic E-state index is 13.6. The van der Waals surface area contributed by atoms with Gasteiger partial charge in [-0.3, -0.25) is 9.59 Å². The van der Waals surface area contributed by atoms with Crippen LogP contribution in [-0.4, -0.2) is 24.4 Å². The average Bonchev–Trinajstić information content (AvgIpc) is 3.07. The Labute approximate surface area is 216 Å². The molecule has 3 aromatic carbocycles. The number of carbonyl (C=O) groups is 3. The van der Waals surface area contributed by atoms with Gasteiger partial charge in [-0.2, -0.15) is 0 Å². The molecule has 35 heavy (non-hydrogen) atoms. The number of ether oxygens (including phenoxy) is 1. The predicted octanol–water partition coefficient (Wildman–Crippen LogP) is 6.55. The summed E-state index contributed by atoms with van der Waals surface area (Å²) in [6.45, 7) is 2.11. The molecule has 178 valence electrons. The second kappa shape index (κ2) is 11.0. The van der Waals surface area contributed by atoms with Crippen LogP contribution in [0.5, 0.6) is 0 Å². The maximum atomic E-state index is 13.6. The van der Waals surface area contributed by atoms with Crippen LogP contribution in [0.2, 0.25) is 10.0 Å². The first kappa shape index (κ1) is 24.9. The quantitative estimate of drug-likeness (QED) is 0.265. The van der Waals surface area contributed by atoms with E-state index < -0.39 is 17.8 Å². The van der Waals surface area contributed by atoms with Crippen molar-refractivity contribution in [2.24, 2.45) is 0 Å². The lowest BCUT2D eigenvalue weighted by atomic mass is 10.1. The third kappa shape index (κ3) is 5.53. The number of rotatable bonds is 8. The summed E-state index contributed by atoms with van der Waals surface area (Å²) >= 11 is 13.2. The first-order valence-corrected chi connectivity index (χ1v) is 12.3. The lowest BCUT2D eigenvalue weighted by molar-refractivity contribution is -0.120. The number of amides is 2. The van der Waals surface area contributed by atoms with Gasteiger partial charge in [-0.05, 0) is 61.0 Å². The number of halogens is 2. The molecule has 9 heteroatoms. The lowest BCUT2D eigenvalue weighted by Crippen LogP contribution is -2.33. The Morgan fingerprint density at radius 1 is 0.943 bits per heavy atom. The van der Waals surface area contributed by atoms with Crippen LogP contribution in [-0.2, 0) is 14.3 Å². The van der Waals surface area contributed by atoms with Gasteiger partial charge in [0.15, 0.2) is 0 Å². The van der Waals surface area contributed by atoms with Crippen molar-refractivity contribution in [2.75, 3.05) is 16.8 Å². The van der Waals surface area contributed by atoms with Crippen LogP contribution >= 0.6 is 35.0 Å². The van der Waals surface area contributed by atoms with Gasteiger partial charge >= 0.3 is 5.97 Å². The molecule has 1 aliphatic rings. The van der Waals surface area contributed by atoms with Gasteiger partial charge in [-0.1, -0.05) is 60.1 Å². The van der Waals surface area contributed by atoms with E-state index in [0.717, 1.165) is 16.7 Å². The molecule has 0 saturated carbocycles. The molecular weight excluding hydrogens is 507 g/mol. The van der Waals surface area contributed by atoms with Crippen LogP contribution in [0.1, 0.15) is 23.7 Å². The second-order valence-electron chi connectivity index (χ2n) is 7.49. The number of esters is 1. The van der Waals surface area contributed by atoms with E-state index in [0.29, 0.717) is 27.0 Å². The molecule has 0 fully saturated rings. The van der Waals surface area contributed by atoms with Gasteiger partial charge in [0, 0.05) is 20.6 Å². The van der Waals surface area contributed by atoms with Crippen molar-refractivity contribution in [1.29, 1.82) is 0 Å². The number of hydrogen-bond acceptors (Lipinski definition) is 6. The Morgan fingerprint density at radius 3 is 2.40 bits per heavy atom. The van der Waals surface area contributed by atoms with Crippen LogP contribution < -0.4 is 10.2 Å². The van der Waals surface area contributed by atoms with E-state index in [-0.39, 0.29) is 28.5 Å². The van der Waals surface area contributed by atoms with Crippen molar-refractivity contribution in [3.8, 4) is 0 Å².